The largest absolute Gasteiger partial charge is 0.459 e. The molecule has 0 aliphatic rings. The average Bonchev–Trinajstić information content (AvgIpc) is 3.16. The normalized spacial score (nSPS) is 10.8. The van der Waals surface area contributed by atoms with Gasteiger partial charge in [-0.25, -0.2) is 4.79 Å². The van der Waals surface area contributed by atoms with E-state index in [-0.39, 0.29) is 18.6 Å². The number of carbonyl (C=O) groups is 2. The molecule has 3 rings (SSSR count). The Morgan fingerprint density at radius 1 is 1.07 bits per heavy atom. The first-order valence-corrected chi connectivity index (χ1v) is 9.42. The van der Waals surface area contributed by atoms with Crippen LogP contribution in [0.4, 0.5) is 5.69 Å². The second kappa shape index (κ2) is 9.09. The van der Waals surface area contributed by atoms with Gasteiger partial charge in [-0.1, -0.05) is 31.2 Å². The van der Waals surface area contributed by atoms with E-state index in [1.54, 1.807) is 38.1 Å². The summed E-state index contributed by atoms with van der Waals surface area (Å²) in [5.41, 5.74) is 3.06. The molecule has 8 heteroatoms. The van der Waals surface area contributed by atoms with E-state index in [4.69, 9.17) is 4.74 Å². The number of esters is 1. The zero-order valence-corrected chi connectivity index (χ0v) is 16.6. The van der Waals surface area contributed by atoms with Crippen LogP contribution >= 0.6 is 0 Å². The van der Waals surface area contributed by atoms with Gasteiger partial charge in [0.1, 0.15) is 6.54 Å². The highest BCUT2D eigenvalue weighted by atomic mass is 16.5. The number of nitrogens with one attached hydrogen (secondary N) is 1. The molecule has 0 aliphatic heterocycles. The number of nitrogens with zero attached hydrogens (tertiary/aromatic N) is 4. The molecule has 0 bridgehead atoms. The van der Waals surface area contributed by atoms with E-state index in [1.807, 2.05) is 24.3 Å². The lowest BCUT2D eigenvalue weighted by molar-refractivity contribution is -0.117. The monoisotopic (exact) mass is 393 g/mol. The summed E-state index contributed by atoms with van der Waals surface area (Å²) in [6.45, 7) is 5.59. The molecule has 0 aliphatic carbocycles. The topological polar surface area (TPSA) is 99.0 Å². The average molecular weight is 393 g/mol. The molecule has 8 nitrogen and oxygen atoms in total. The highest BCUT2D eigenvalue weighted by molar-refractivity contribution is 5.93. The van der Waals surface area contributed by atoms with E-state index in [1.165, 1.54) is 10.4 Å². The third-order valence-electron chi connectivity index (χ3n) is 4.11. The quantitative estimate of drug-likeness (QED) is 0.619. The third-order valence-corrected chi connectivity index (χ3v) is 4.11. The van der Waals surface area contributed by atoms with Gasteiger partial charge in [0.2, 0.25) is 11.7 Å². The van der Waals surface area contributed by atoms with Crippen LogP contribution in [0.25, 0.3) is 11.4 Å². The number of tetrazole rings is 1. The summed E-state index contributed by atoms with van der Waals surface area (Å²) in [7, 11) is 0. The summed E-state index contributed by atoms with van der Waals surface area (Å²) < 4.78 is 5.13. The van der Waals surface area contributed by atoms with Crippen LogP contribution in [0.15, 0.2) is 48.5 Å². The van der Waals surface area contributed by atoms with Crippen molar-refractivity contribution in [2.45, 2.75) is 39.8 Å². The Kier molecular flexibility index (Phi) is 6.33. The van der Waals surface area contributed by atoms with Gasteiger partial charge >= 0.3 is 5.97 Å². The molecule has 0 radical (unpaired) electrons. The lowest BCUT2D eigenvalue weighted by atomic mass is 10.1. The standard InChI is InChI=1S/C21H23N5O3/c1-4-15-5-7-16(8-6-15)20-23-25-26(24-20)13-19(27)22-18-11-9-17(10-12-18)21(28)29-14(2)3/h5-12,14H,4,13H2,1-3H3,(H,22,27). The van der Waals surface area contributed by atoms with Crippen LogP contribution < -0.4 is 5.32 Å². The fourth-order valence-electron chi connectivity index (χ4n) is 2.62. The van der Waals surface area contributed by atoms with Crippen molar-refractivity contribution in [2.24, 2.45) is 0 Å². The Hall–Kier alpha value is -3.55. The second-order valence-corrected chi connectivity index (χ2v) is 6.77. The van der Waals surface area contributed by atoms with E-state index in [9.17, 15) is 9.59 Å². The molecule has 3 aromatic rings. The van der Waals surface area contributed by atoms with Crippen molar-refractivity contribution in [2.75, 3.05) is 5.32 Å². The summed E-state index contributed by atoms with van der Waals surface area (Å²) in [5, 5.41) is 14.9. The van der Waals surface area contributed by atoms with E-state index >= 15 is 0 Å². The number of aryl methyl sites for hydroxylation is 1. The van der Waals surface area contributed by atoms with Crippen LogP contribution in [0, 0.1) is 0 Å². The van der Waals surface area contributed by atoms with Gasteiger partial charge in [-0.2, -0.15) is 4.80 Å². The van der Waals surface area contributed by atoms with E-state index in [0.717, 1.165) is 12.0 Å². The van der Waals surface area contributed by atoms with Crippen molar-refractivity contribution in [3.8, 4) is 11.4 Å². The van der Waals surface area contributed by atoms with Gasteiger partial charge in [0, 0.05) is 11.3 Å². The fourth-order valence-corrected chi connectivity index (χ4v) is 2.62. The Morgan fingerprint density at radius 3 is 2.38 bits per heavy atom. The first-order chi connectivity index (χ1) is 13.9. The van der Waals surface area contributed by atoms with Gasteiger partial charge < -0.3 is 10.1 Å². The van der Waals surface area contributed by atoms with Gasteiger partial charge in [0.15, 0.2) is 0 Å². The lowest BCUT2D eigenvalue weighted by Gasteiger charge is -2.09. The molecule has 0 saturated heterocycles. The predicted molar refractivity (Wildman–Crippen MR) is 108 cm³/mol. The maximum Gasteiger partial charge on any atom is 0.338 e. The molecular formula is C21H23N5O3. The number of benzene rings is 2. The zero-order chi connectivity index (χ0) is 20.8. The number of hydrogen-bond acceptors (Lipinski definition) is 6. The van der Waals surface area contributed by atoms with E-state index in [2.05, 4.69) is 27.7 Å². The van der Waals surface area contributed by atoms with Crippen LogP contribution in [0.5, 0.6) is 0 Å². The van der Waals surface area contributed by atoms with Crippen LogP contribution in [0.1, 0.15) is 36.7 Å². The molecule has 0 unspecified atom stereocenters. The summed E-state index contributed by atoms with van der Waals surface area (Å²) in [6.07, 6.45) is 0.770. The highest BCUT2D eigenvalue weighted by Crippen LogP contribution is 2.15. The van der Waals surface area contributed by atoms with Crippen molar-refractivity contribution in [1.82, 2.24) is 20.2 Å². The number of hydrogen-bond donors (Lipinski definition) is 1. The predicted octanol–water partition coefficient (Wildman–Crippen LogP) is 3.11. The molecule has 0 saturated carbocycles. The Bertz CT molecular complexity index is 978. The molecule has 1 aromatic heterocycles. The third kappa shape index (κ3) is 5.47. The molecular weight excluding hydrogens is 370 g/mol. The number of rotatable bonds is 7. The molecule has 29 heavy (non-hydrogen) atoms. The van der Waals surface area contributed by atoms with Gasteiger partial charge in [-0.05, 0) is 55.3 Å². The van der Waals surface area contributed by atoms with Crippen molar-refractivity contribution in [3.63, 3.8) is 0 Å². The van der Waals surface area contributed by atoms with Crippen LogP contribution in [-0.2, 0) is 22.5 Å². The van der Waals surface area contributed by atoms with Gasteiger partial charge in [-0.3, -0.25) is 4.79 Å². The van der Waals surface area contributed by atoms with Crippen molar-refractivity contribution < 1.29 is 14.3 Å². The van der Waals surface area contributed by atoms with Crippen LogP contribution in [0.2, 0.25) is 0 Å². The highest BCUT2D eigenvalue weighted by Gasteiger charge is 2.12. The van der Waals surface area contributed by atoms with Crippen molar-refractivity contribution >= 4 is 17.6 Å². The number of aromatic nitrogens is 4. The molecule has 150 valence electrons. The number of carbonyl (C=O) groups excluding carboxylic acids is 2. The Morgan fingerprint density at radius 2 is 1.76 bits per heavy atom. The SMILES string of the molecule is CCc1ccc(-c2nnn(CC(=O)Nc3ccc(C(=O)OC(C)C)cc3)n2)cc1. The van der Waals surface area contributed by atoms with Crippen LogP contribution in [-0.4, -0.2) is 38.2 Å². The molecule has 1 amide bonds. The Balaban J connectivity index is 1.58. The van der Waals surface area contributed by atoms with Gasteiger partial charge in [-0.15, -0.1) is 10.2 Å². The first-order valence-electron chi connectivity index (χ1n) is 9.42. The van der Waals surface area contributed by atoms with Crippen LogP contribution in [0.3, 0.4) is 0 Å². The summed E-state index contributed by atoms with van der Waals surface area (Å²) in [5.74, 6) is -0.231. The van der Waals surface area contributed by atoms with Crippen molar-refractivity contribution in [3.05, 3.63) is 59.7 Å². The molecule has 0 spiro atoms. The number of ether oxygens (including phenoxy) is 1. The van der Waals surface area contributed by atoms with E-state index < -0.39 is 5.97 Å². The maximum absolute atomic E-state index is 12.2. The molecule has 0 fully saturated rings. The lowest BCUT2D eigenvalue weighted by Crippen LogP contribution is -2.20. The summed E-state index contributed by atoms with van der Waals surface area (Å²) >= 11 is 0. The minimum Gasteiger partial charge on any atom is -0.459 e. The maximum atomic E-state index is 12.2. The number of anilines is 1. The van der Waals surface area contributed by atoms with Gasteiger partial charge in [0.25, 0.3) is 0 Å². The minimum absolute atomic E-state index is 0.0722. The first kappa shape index (κ1) is 20.2. The molecule has 1 heterocycles. The molecule has 2 aromatic carbocycles. The second-order valence-electron chi connectivity index (χ2n) is 6.77. The zero-order valence-electron chi connectivity index (χ0n) is 16.6. The Labute approximate surface area is 168 Å². The summed E-state index contributed by atoms with van der Waals surface area (Å²) in [6, 6.07) is 14.4. The molecule has 1 N–H and O–H groups in total. The van der Waals surface area contributed by atoms with Gasteiger partial charge in [0.05, 0.1) is 11.7 Å². The fraction of sp³-hybridized carbons (Fsp3) is 0.286. The minimum atomic E-state index is -0.399. The number of amides is 1. The summed E-state index contributed by atoms with van der Waals surface area (Å²) in [4.78, 5) is 25.3. The van der Waals surface area contributed by atoms with E-state index in [0.29, 0.717) is 17.1 Å². The smallest absolute Gasteiger partial charge is 0.338 e. The molecule has 0 atom stereocenters. The van der Waals surface area contributed by atoms with Crippen molar-refractivity contribution in [1.29, 1.82) is 0 Å².